The zero-order chi connectivity index (χ0) is 18.5. The number of imide groups is 1. The average Bonchev–Trinajstić information content (AvgIpc) is 3.09. The smallest absolute Gasteiger partial charge is 0.338 e. The van der Waals surface area contributed by atoms with E-state index in [0.717, 1.165) is 25.7 Å². The maximum atomic E-state index is 12.0. The molecule has 1 heterocycles. The van der Waals surface area contributed by atoms with Crippen molar-refractivity contribution in [2.75, 3.05) is 13.4 Å². The van der Waals surface area contributed by atoms with E-state index < -0.39 is 24.5 Å². The van der Waals surface area contributed by atoms with Crippen LogP contribution in [0.25, 0.3) is 0 Å². The highest BCUT2D eigenvalue weighted by Crippen LogP contribution is 2.32. The molecule has 0 unspecified atom stereocenters. The molecule has 26 heavy (non-hydrogen) atoms. The summed E-state index contributed by atoms with van der Waals surface area (Å²) in [6.07, 6.45) is 4.19. The molecule has 0 radical (unpaired) electrons. The molecule has 2 atom stereocenters. The predicted molar refractivity (Wildman–Crippen MR) is 90.9 cm³/mol. The van der Waals surface area contributed by atoms with Crippen LogP contribution in [-0.2, 0) is 9.53 Å². The van der Waals surface area contributed by atoms with E-state index in [4.69, 9.17) is 14.2 Å². The number of carbonyl (C=O) groups excluding carboxylic acids is 3. The number of carbonyl (C=O) groups is 3. The van der Waals surface area contributed by atoms with E-state index in [-0.39, 0.29) is 18.4 Å². The molecule has 1 aliphatic carbocycles. The number of ether oxygens (including phenoxy) is 3. The number of benzene rings is 1. The lowest BCUT2D eigenvalue weighted by Crippen LogP contribution is -2.48. The number of esters is 1. The first-order valence-corrected chi connectivity index (χ1v) is 8.70. The summed E-state index contributed by atoms with van der Waals surface area (Å²) in [5.41, 5.74) is 0.238. The molecule has 1 aromatic rings. The molecular formula is C18H22N2O6. The van der Waals surface area contributed by atoms with Gasteiger partial charge in [0, 0.05) is 6.04 Å². The molecule has 0 spiro atoms. The molecule has 8 heteroatoms. The fraction of sp³-hybridized carbons (Fsp3) is 0.500. The van der Waals surface area contributed by atoms with Crippen molar-refractivity contribution < 1.29 is 28.6 Å². The van der Waals surface area contributed by atoms with Crippen LogP contribution in [-0.4, -0.2) is 37.3 Å². The van der Waals surface area contributed by atoms with Crippen LogP contribution >= 0.6 is 0 Å². The van der Waals surface area contributed by atoms with Crippen molar-refractivity contribution in [3.05, 3.63) is 23.8 Å². The number of nitrogens with one attached hydrogen (secondary N) is 2. The Morgan fingerprint density at radius 1 is 1.15 bits per heavy atom. The molecule has 1 aromatic carbocycles. The lowest BCUT2D eigenvalue weighted by atomic mass is 9.86. The Hall–Kier alpha value is -2.77. The van der Waals surface area contributed by atoms with Gasteiger partial charge in [-0.25, -0.2) is 9.59 Å². The van der Waals surface area contributed by atoms with Gasteiger partial charge in [-0.1, -0.05) is 19.8 Å². The Labute approximate surface area is 151 Å². The van der Waals surface area contributed by atoms with Crippen LogP contribution in [0, 0.1) is 5.92 Å². The maximum Gasteiger partial charge on any atom is 0.338 e. The van der Waals surface area contributed by atoms with Crippen LogP contribution < -0.4 is 20.1 Å². The highest BCUT2D eigenvalue weighted by molar-refractivity contribution is 5.97. The molecule has 0 aromatic heterocycles. The highest BCUT2D eigenvalue weighted by Gasteiger charge is 2.23. The van der Waals surface area contributed by atoms with Crippen molar-refractivity contribution in [3.63, 3.8) is 0 Å². The van der Waals surface area contributed by atoms with Gasteiger partial charge in [0.1, 0.15) is 0 Å². The van der Waals surface area contributed by atoms with Gasteiger partial charge in [0.15, 0.2) is 18.1 Å². The highest BCUT2D eigenvalue weighted by atomic mass is 16.7. The van der Waals surface area contributed by atoms with Crippen molar-refractivity contribution in [2.45, 2.75) is 38.6 Å². The molecule has 0 bridgehead atoms. The molecule has 3 amide bonds. The lowest BCUT2D eigenvalue weighted by Gasteiger charge is -2.29. The first-order valence-electron chi connectivity index (χ1n) is 8.70. The summed E-state index contributed by atoms with van der Waals surface area (Å²) in [4.78, 5) is 35.7. The quantitative estimate of drug-likeness (QED) is 0.794. The van der Waals surface area contributed by atoms with E-state index in [9.17, 15) is 14.4 Å². The second-order valence-corrected chi connectivity index (χ2v) is 6.53. The van der Waals surface area contributed by atoms with Gasteiger partial charge in [0.2, 0.25) is 6.79 Å². The van der Waals surface area contributed by atoms with Crippen LogP contribution in [0.5, 0.6) is 11.5 Å². The van der Waals surface area contributed by atoms with Gasteiger partial charge in [0.05, 0.1) is 5.56 Å². The van der Waals surface area contributed by atoms with Crippen LogP contribution in [0.15, 0.2) is 18.2 Å². The summed E-state index contributed by atoms with van der Waals surface area (Å²) >= 11 is 0. The Morgan fingerprint density at radius 2 is 1.92 bits per heavy atom. The first-order chi connectivity index (χ1) is 12.5. The number of hydrogen-bond donors (Lipinski definition) is 2. The molecule has 140 valence electrons. The van der Waals surface area contributed by atoms with E-state index in [1.165, 1.54) is 12.1 Å². The third-order valence-electron chi connectivity index (χ3n) is 4.62. The second kappa shape index (κ2) is 8.07. The summed E-state index contributed by atoms with van der Waals surface area (Å²) in [7, 11) is 0. The monoisotopic (exact) mass is 362 g/mol. The number of rotatable bonds is 4. The minimum absolute atomic E-state index is 0.0627. The standard InChI is InChI=1S/C18H22N2O6/c1-11-4-2-3-5-13(11)19-18(23)20-16(21)9-24-17(22)12-6-7-14-15(8-12)26-10-25-14/h6-8,11,13H,2-5,9-10H2,1H3,(H2,19,20,21,23)/t11-,13+/m1/s1. The molecule has 3 rings (SSSR count). The molecule has 1 fully saturated rings. The average molecular weight is 362 g/mol. The SMILES string of the molecule is C[C@@H]1CCCC[C@@H]1NC(=O)NC(=O)COC(=O)c1ccc2c(c1)OCO2. The van der Waals surface area contributed by atoms with Gasteiger partial charge >= 0.3 is 12.0 Å². The van der Waals surface area contributed by atoms with E-state index in [1.807, 2.05) is 0 Å². The Morgan fingerprint density at radius 3 is 2.73 bits per heavy atom. The fourth-order valence-electron chi connectivity index (χ4n) is 3.14. The molecule has 2 aliphatic rings. The van der Waals surface area contributed by atoms with Crippen LogP contribution in [0.2, 0.25) is 0 Å². The van der Waals surface area contributed by atoms with Crippen LogP contribution in [0.1, 0.15) is 43.0 Å². The minimum Gasteiger partial charge on any atom is -0.454 e. The molecule has 0 saturated heterocycles. The molecule has 1 saturated carbocycles. The summed E-state index contributed by atoms with van der Waals surface area (Å²) in [6, 6.07) is 4.10. The van der Waals surface area contributed by atoms with E-state index in [0.29, 0.717) is 17.4 Å². The Kier molecular flexibility index (Phi) is 5.60. The van der Waals surface area contributed by atoms with Crippen molar-refractivity contribution in [1.82, 2.24) is 10.6 Å². The van der Waals surface area contributed by atoms with Gasteiger partial charge in [-0.15, -0.1) is 0 Å². The number of urea groups is 1. The van der Waals surface area contributed by atoms with E-state index >= 15 is 0 Å². The minimum atomic E-state index is -0.681. The summed E-state index contributed by atoms with van der Waals surface area (Å²) in [5, 5.41) is 4.99. The summed E-state index contributed by atoms with van der Waals surface area (Å²) in [5.74, 6) is 0.0195. The maximum absolute atomic E-state index is 12.0. The zero-order valence-electron chi connectivity index (χ0n) is 14.6. The van der Waals surface area contributed by atoms with E-state index in [1.54, 1.807) is 6.07 Å². The third-order valence-corrected chi connectivity index (χ3v) is 4.62. The van der Waals surface area contributed by atoms with Crippen molar-refractivity contribution in [2.24, 2.45) is 5.92 Å². The normalized spacial score (nSPS) is 21.0. The number of fused-ring (bicyclic) bond motifs is 1. The Balaban J connectivity index is 1.43. The van der Waals surface area contributed by atoms with Gasteiger partial charge in [-0.2, -0.15) is 0 Å². The number of hydrogen-bond acceptors (Lipinski definition) is 6. The second-order valence-electron chi connectivity index (χ2n) is 6.53. The topological polar surface area (TPSA) is 103 Å². The van der Waals surface area contributed by atoms with Crippen LogP contribution in [0.4, 0.5) is 4.79 Å². The molecule has 8 nitrogen and oxygen atoms in total. The van der Waals surface area contributed by atoms with E-state index in [2.05, 4.69) is 17.6 Å². The summed E-state index contributed by atoms with van der Waals surface area (Å²) in [6.45, 7) is 1.64. The van der Waals surface area contributed by atoms with Gasteiger partial charge in [0.25, 0.3) is 5.91 Å². The molecule has 2 N–H and O–H groups in total. The summed E-state index contributed by atoms with van der Waals surface area (Å²) < 4.78 is 15.3. The first kappa shape index (κ1) is 18.0. The fourth-order valence-corrected chi connectivity index (χ4v) is 3.14. The van der Waals surface area contributed by atoms with Crippen LogP contribution in [0.3, 0.4) is 0 Å². The third kappa shape index (κ3) is 4.44. The van der Waals surface area contributed by atoms with Crippen molar-refractivity contribution in [1.29, 1.82) is 0 Å². The molecule has 1 aliphatic heterocycles. The van der Waals surface area contributed by atoms with Crippen molar-refractivity contribution in [3.8, 4) is 11.5 Å². The Bertz CT molecular complexity index is 705. The van der Waals surface area contributed by atoms with Gasteiger partial charge in [-0.3, -0.25) is 10.1 Å². The van der Waals surface area contributed by atoms with Gasteiger partial charge < -0.3 is 19.5 Å². The largest absolute Gasteiger partial charge is 0.454 e. The lowest BCUT2D eigenvalue weighted by molar-refractivity contribution is -0.123. The van der Waals surface area contributed by atoms with Gasteiger partial charge in [-0.05, 0) is 37.0 Å². The predicted octanol–water partition coefficient (Wildman–Crippen LogP) is 1.98. The zero-order valence-corrected chi connectivity index (χ0v) is 14.6. The molecular weight excluding hydrogens is 340 g/mol. The van der Waals surface area contributed by atoms with Crippen molar-refractivity contribution >= 4 is 17.9 Å². The number of amides is 3.